The van der Waals surface area contributed by atoms with E-state index >= 15 is 0 Å². The standard InChI is InChI=1S/C11H12N2O2S/c1-3-15-10(14)7-5-4-6-8-9(7)13-11(12-8)16-2/h4-6H,3H2,1-2H3,(H,12,13). The number of fused-ring (bicyclic) bond motifs is 1. The molecule has 0 aliphatic carbocycles. The summed E-state index contributed by atoms with van der Waals surface area (Å²) in [6.07, 6.45) is 1.93. The molecule has 0 saturated heterocycles. The summed E-state index contributed by atoms with van der Waals surface area (Å²) in [5.74, 6) is -0.327. The molecular formula is C11H12N2O2S. The number of aromatic nitrogens is 2. The zero-order valence-electron chi connectivity index (χ0n) is 9.11. The van der Waals surface area contributed by atoms with Gasteiger partial charge in [-0.3, -0.25) is 0 Å². The minimum absolute atomic E-state index is 0.327. The van der Waals surface area contributed by atoms with Crippen molar-refractivity contribution in [2.24, 2.45) is 0 Å². The number of imidazole rings is 1. The smallest absolute Gasteiger partial charge is 0.340 e. The summed E-state index contributed by atoms with van der Waals surface area (Å²) in [5.41, 5.74) is 2.04. The van der Waals surface area contributed by atoms with Gasteiger partial charge in [0.05, 0.1) is 17.7 Å². The van der Waals surface area contributed by atoms with Crippen molar-refractivity contribution in [2.45, 2.75) is 12.1 Å². The van der Waals surface area contributed by atoms with E-state index in [1.165, 1.54) is 11.8 Å². The maximum absolute atomic E-state index is 11.7. The lowest BCUT2D eigenvalue weighted by Crippen LogP contribution is -2.05. The largest absolute Gasteiger partial charge is 0.462 e. The van der Waals surface area contributed by atoms with Crippen LogP contribution in [-0.2, 0) is 4.74 Å². The molecule has 0 spiro atoms. The molecule has 0 aliphatic rings. The van der Waals surface area contributed by atoms with Crippen LogP contribution in [0.4, 0.5) is 0 Å². The van der Waals surface area contributed by atoms with Gasteiger partial charge in [0.2, 0.25) is 0 Å². The number of aromatic amines is 1. The van der Waals surface area contributed by atoms with Crippen LogP contribution >= 0.6 is 11.8 Å². The number of ether oxygens (including phenoxy) is 1. The number of carbonyl (C=O) groups is 1. The maximum Gasteiger partial charge on any atom is 0.340 e. The molecule has 0 amide bonds. The Labute approximate surface area is 97.4 Å². The van der Waals surface area contributed by atoms with Gasteiger partial charge >= 0.3 is 5.97 Å². The van der Waals surface area contributed by atoms with Crippen molar-refractivity contribution < 1.29 is 9.53 Å². The number of hydrogen-bond donors (Lipinski definition) is 1. The second-order valence-electron chi connectivity index (χ2n) is 3.17. The SMILES string of the molecule is CCOC(=O)c1cccc2[nH]c(SC)nc12. The number of nitrogens with zero attached hydrogens (tertiary/aromatic N) is 1. The number of thioether (sulfide) groups is 1. The number of rotatable bonds is 3. The first-order valence-electron chi connectivity index (χ1n) is 4.96. The normalized spacial score (nSPS) is 10.6. The lowest BCUT2D eigenvalue weighted by Gasteiger charge is -2.01. The van der Waals surface area contributed by atoms with Crippen LogP contribution < -0.4 is 0 Å². The number of H-pyrrole nitrogens is 1. The van der Waals surface area contributed by atoms with Crippen LogP contribution in [0.15, 0.2) is 23.4 Å². The van der Waals surface area contributed by atoms with Gasteiger partial charge in [0.15, 0.2) is 5.16 Å². The van der Waals surface area contributed by atoms with Crippen LogP contribution in [0, 0.1) is 0 Å². The Balaban J connectivity index is 2.52. The number of esters is 1. The average molecular weight is 236 g/mol. The van der Waals surface area contributed by atoms with Crippen LogP contribution in [0.1, 0.15) is 17.3 Å². The first-order valence-corrected chi connectivity index (χ1v) is 6.18. The fraction of sp³-hybridized carbons (Fsp3) is 0.273. The summed E-state index contributed by atoms with van der Waals surface area (Å²) in [4.78, 5) is 19.1. The molecule has 0 unspecified atom stereocenters. The van der Waals surface area contributed by atoms with Crippen LogP contribution in [-0.4, -0.2) is 28.8 Å². The minimum atomic E-state index is -0.327. The van der Waals surface area contributed by atoms with E-state index in [0.717, 1.165) is 10.7 Å². The molecule has 4 nitrogen and oxygen atoms in total. The molecule has 2 aromatic rings. The van der Waals surface area contributed by atoms with E-state index in [-0.39, 0.29) is 5.97 Å². The highest BCUT2D eigenvalue weighted by Gasteiger charge is 2.13. The number of para-hydroxylation sites is 1. The van der Waals surface area contributed by atoms with Gasteiger partial charge in [-0.25, -0.2) is 9.78 Å². The second kappa shape index (κ2) is 4.57. The van der Waals surface area contributed by atoms with E-state index < -0.39 is 0 Å². The van der Waals surface area contributed by atoms with Crippen molar-refractivity contribution in [3.63, 3.8) is 0 Å². The zero-order valence-corrected chi connectivity index (χ0v) is 9.93. The first kappa shape index (κ1) is 11.0. The second-order valence-corrected chi connectivity index (χ2v) is 3.96. The lowest BCUT2D eigenvalue weighted by atomic mass is 10.2. The molecule has 0 saturated carbocycles. The van der Waals surface area contributed by atoms with Gasteiger partial charge in [-0.05, 0) is 25.3 Å². The molecule has 1 heterocycles. The van der Waals surface area contributed by atoms with E-state index in [1.54, 1.807) is 13.0 Å². The Morgan fingerprint density at radius 3 is 3.06 bits per heavy atom. The Bertz CT molecular complexity index is 522. The summed E-state index contributed by atoms with van der Waals surface area (Å²) in [5, 5.41) is 0.798. The highest BCUT2D eigenvalue weighted by atomic mass is 32.2. The van der Waals surface area contributed by atoms with Crippen LogP contribution in [0.25, 0.3) is 11.0 Å². The third kappa shape index (κ3) is 1.90. The van der Waals surface area contributed by atoms with Gasteiger partial charge in [-0.15, -0.1) is 0 Å². The van der Waals surface area contributed by atoms with Gasteiger partial charge < -0.3 is 9.72 Å². The van der Waals surface area contributed by atoms with Gasteiger partial charge in [0.25, 0.3) is 0 Å². The van der Waals surface area contributed by atoms with Gasteiger partial charge in [-0.1, -0.05) is 17.8 Å². The quantitative estimate of drug-likeness (QED) is 0.657. The molecule has 1 aromatic heterocycles. The number of carbonyl (C=O) groups excluding carboxylic acids is 1. The molecule has 0 atom stereocenters. The van der Waals surface area contributed by atoms with Crippen molar-refractivity contribution >= 4 is 28.8 Å². The highest BCUT2D eigenvalue weighted by molar-refractivity contribution is 7.98. The van der Waals surface area contributed by atoms with Crippen molar-refractivity contribution in [2.75, 3.05) is 12.9 Å². The molecule has 0 aliphatic heterocycles. The molecule has 1 aromatic carbocycles. The Kier molecular flexibility index (Phi) is 3.14. The Morgan fingerprint density at radius 1 is 1.56 bits per heavy atom. The molecule has 0 bridgehead atoms. The van der Waals surface area contributed by atoms with Crippen molar-refractivity contribution in [3.8, 4) is 0 Å². The van der Waals surface area contributed by atoms with Crippen molar-refractivity contribution in [1.82, 2.24) is 9.97 Å². The average Bonchev–Trinajstić information content (AvgIpc) is 2.71. The summed E-state index contributed by atoms with van der Waals surface area (Å²) in [7, 11) is 0. The van der Waals surface area contributed by atoms with Crippen molar-refractivity contribution in [3.05, 3.63) is 23.8 Å². The van der Waals surface area contributed by atoms with E-state index in [9.17, 15) is 4.79 Å². The number of nitrogens with one attached hydrogen (secondary N) is 1. The first-order chi connectivity index (χ1) is 7.76. The monoisotopic (exact) mass is 236 g/mol. The predicted octanol–water partition coefficient (Wildman–Crippen LogP) is 2.46. The molecule has 84 valence electrons. The molecule has 16 heavy (non-hydrogen) atoms. The summed E-state index contributed by atoms with van der Waals surface area (Å²) >= 11 is 1.51. The van der Waals surface area contributed by atoms with E-state index in [2.05, 4.69) is 9.97 Å². The fourth-order valence-electron chi connectivity index (χ4n) is 1.48. The number of hydrogen-bond acceptors (Lipinski definition) is 4. The number of benzene rings is 1. The lowest BCUT2D eigenvalue weighted by molar-refractivity contribution is 0.0528. The molecule has 2 rings (SSSR count). The minimum Gasteiger partial charge on any atom is -0.462 e. The molecule has 0 radical (unpaired) electrons. The molecular weight excluding hydrogens is 224 g/mol. The third-order valence-electron chi connectivity index (χ3n) is 2.18. The van der Waals surface area contributed by atoms with Gasteiger partial charge in [0, 0.05) is 0 Å². The van der Waals surface area contributed by atoms with Crippen LogP contribution in [0.2, 0.25) is 0 Å². The van der Waals surface area contributed by atoms with Crippen LogP contribution in [0.3, 0.4) is 0 Å². The molecule has 5 heteroatoms. The van der Waals surface area contributed by atoms with Crippen LogP contribution in [0.5, 0.6) is 0 Å². The molecule has 1 N–H and O–H groups in total. The zero-order chi connectivity index (χ0) is 11.5. The molecule has 0 fully saturated rings. The highest BCUT2D eigenvalue weighted by Crippen LogP contribution is 2.21. The van der Waals surface area contributed by atoms with E-state index in [0.29, 0.717) is 17.7 Å². The topological polar surface area (TPSA) is 55.0 Å². The summed E-state index contributed by atoms with van der Waals surface area (Å²) in [6.45, 7) is 2.16. The van der Waals surface area contributed by atoms with Gasteiger partial charge in [0.1, 0.15) is 5.52 Å². The predicted molar refractivity (Wildman–Crippen MR) is 63.8 cm³/mol. The maximum atomic E-state index is 11.7. The summed E-state index contributed by atoms with van der Waals surface area (Å²) in [6, 6.07) is 5.44. The Morgan fingerprint density at radius 2 is 2.38 bits per heavy atom. The van der Waals surface area contributed by atoms with E-state index in [1.807, 2.05) is 18.4 Å². The Hall–Kier alpha value is -1.49. The third-order valence-corrected chi connectivity index (χ3v) is 2.76. The van der Waals surface area contributed by atoms with Crippen molar-refractivity contribution in [1.29, 1.82) is 0 Å². The van der Waals surface area contributed by atoms with Gasteiger partial charge in [-0.2, -0.15) is 0 Å². The van der Waals surface area contributed by atoms with E-state index in [4.69, 9.17) is 4.74 Å². The summed E-state index contributed by atoms with van der Waals surface area (Å²) < 4.78 is 4.98. The fourth-order valence-corrected chi connectivity index (χ4v) is 1.87.